The molecule has 0 aliphatic rings. The molecule has 0 bridgehead atoms. The van der Waals surface area contributed by atoms with Gasteiger partial charge >= 0.3 is 5.69 Å². The number of nitrogens with one attached hydrogen (secondary N) is 1. The molecule has 0 saturated heterocycles. The number of pyridine rings is 1. The fourth-order valence-corrected chi connectivity index (χ4v) is 1.51. The van der Waals surface area contributed by atoms with Gasteiger partial charge in [-0.2, -0.15) is 0 Å². The minimum Gasteiger partial charge on any atom is -0.399 e. The normalized spacial score (nSPS) is 10.0. The third kappa shape index (κ3) is 2.73. The Hall–Kier alpha value is -2.63. The predicted molar refractivity (Wildman–Crippen MR) is 69.1 cm³/mol. The zero-order valence-corrected chi connectivity index (χ0v) is 9.54. The molecular formula is C12H12N4O2. The Labute approximate surface area is 104 Å². The van der Waals surface area contributed by atoms with Gasteiger partial charge in [-0.15, -0.1) is 0 Å². The van der Waals surface area contributed by atoms with Crippen LogP contribution < -0.4 is 11.1 Å². The second-order valence-electron chi connectivity index (χ2n) is 3.75. The average molecular weight is 244 g/mol. The van der Waals surface area contributed by atoms with Crippen LogP contribution in [0.2, 0.25) is 0 Å². The minimum absolute atomic E-state index is 0.0343. The number of nitrogen functional groups attached to an aromatic ring is 1. The quantitative estimate of drug-likeness (QED) is 0.488. The second-order valence-corrected chi connectivity index (χ2v) is 3.75. The van der Waals surface area contributed by atoms with Gasteiger partial charge in [0.2, 0.25) is 0 Å². The van der Waals surface area contributed by atoms with Crippen molar-refractivity contribution in [1.82, 2.24) is 4.98 Å². The van der Waals surface area contributed by atoms with E-state index in [-0.39, 0.29) is 5.69 Å². The van der Waals surface area contributed by atoms with E-state index in [9.17, 15) is 10.1 Å². The Morgan fingerprint density at radius 2 is 2.00 bits per heavy atom. The molecule has 0 aliphatic carbocycles. The Balaban J connectivity index is 2.10. The molecule has 0 amide bonds. The van der Waals surface area contributed by atoms with Gasteiger partial charge in [0.15, 0.2) is 0 Å². The van der Waals surface area contributed by atoms with Gasteiger partial charge in [-0.25, -0.2) is 0 Å². The molecule has 2 aromatic rings. The Morgan fingerprint density at radius 1 is 1.28 bits per heavy atom. The first-order chi connectivity index (χ1) is 8.66. The van der Waals surface area contributed by atoms with Crippen molar-refractivity contribution in [2.24, 2.45) is 0 Å². The van der Waals surface area contributed by atoms with Crippen LogP contribution >= 0.6 is 0 Å². The van der Waals surface area contributed by atoms with Crippen molar-refractivity contribution in [1.29, 1.82) is 0 Å². The highest BCUT2D eigenvalue weighted by atomic mass is 16.6. The number of nitrogens with two attached hydrogens (primary N) is 1. The third-order valence-electron chi connectivity index (χ3n) is 2.46. The summed E-state index contributed by atoms with van der Waals surface area (Å²) in [6.45, 7) is 0.491. The molecule has 6 nitrogen and oxygen atoms in total. The van der Waals surface area contributed by atoms with Crippen molar-refractivity contribution < 1.29 is 4.92 Å². The van der Waals surface area contributed by atoms with Crippen LogP contribution in [0, 0.1) is 10.1 Å². The molecular weight excluding hydrogens is 232 g/mol. The number of hydrogen-bond acceptors (Lipinski definition) is 5. The van der Waals surface area contributed by atoms with E-state index < -0.39 is 4.92 Å². The maximum atomic E-state index is 10.8. The largest absolute Gasteiger partial charge is 0.399 e. The number of nitrogens with zero attached hydrogens (tertiary/aromatic N) is 2. The third-order valence-corrected chi connectivity index (χ3v) is 2.46. The van der Waals surface area contributed by atoms with Crippen LogP contribution in [0.1, 0.15) is 5.56 Å². The van der Waals surface area contributed by atoms with Crippen molar-refractivity contribution in [2.75, 3.05) is 11.1 Å². The summed E-state index contributed by atoms with van der Waals surface area (Å²) in [7, 11) is 0. The molecule has 1 aromatic carbocycles. The summed E-state index contributed by atoms with van der Waals surface area (Å²) in [6.07, 6.45) is 2.74. The molecule has 3 N–H and O–H groups in total. The Bertz CT molecular complexity index is 554. The molecule has 6 heteroatoms. The van der Waals surface area contributed by atoms with Gasteiger partial charge < -0.3 is 11.1 Å². The number of rotatable bonds is 4. The highest BCUT2D eigenvalue weighted by Gasteiger charge is 2.12. The van der Waals surface area contributed by atoms with Crippen LogP contribution in [0.15, 0.2) is 42.7 Å². The molecule has 1 heterocycles. The van der Waals surface area contributed by atoms with Gasteiger partial charge in [-0.3, -0.25) is 15.1 Å². The van der Waals surface area contributed by atoms with Crippen LogP contribution in [0.4, 0.5) is 17.1 Å². The summed E-state index contributed by atoms with van der Waals surface area (Å²) in [5, 5.41) is 13.8. The van der Waals surface area contributed by atoms with Gasteiger partial charge in [0, 0.05) is 18.4 Å². The minimum atomic E-state index is -0.460. The number of nitro groups is 1. The van der Waals surface area contributed by atoms with Crippen LogP contribution in [-0.2, 0) is 6.54 Å². The monoisotopic (exact) mass is 244 g/mol. The van der Waals surface area contributed by atoms with E-state index in [1.807, 2.05) is 12.1 Å². The molecule has 92 valence electrons. The van der Waals surface area contributed by atoms with Crippen LogP contribution in [-0.4, -0.2) is 9.91 Å². The standard InChI is InChI=1S/C12H12N4O2/c13-10-3-1-9(2-4-10)7-15-11-5-6-14-8-12(11)16(17)18/h1-6,8H,7,13H2,(H,14,15). The first-order valence-electron chi connectivity index (χ1n) is 5.33. The number of anilines is 2. The van der Waals surface area contributed by atoms with E-state index in [1.165, 1.54) is 12.4 Å². The second kappa shape index (κ2) is 5.13. The topological polar surface area (TPSA) is 94.1 Å². The number of aromatic nitrogens is 1. The van der Waals surface area contributed by atoms with Crippen molar-refractivity contribution >= 4 is 17.1 Å². The van der Waals surface area contributed by atoms with Crippen molar-refractivity contribution in [3.05, 3.63) is 58.4 Å². The lowest BCUT2D eigenvalue weighted by Gasteiger charge is -2.06. The van der Waals surface area contributed by atoms with Gasteiger partial charge in [-0.05, 0) is 23.8 Å². The summed E-state index contributed by atoms with van der Waals surface area (Å²) in [5.74, 6) is 0. The zero-order chi connectivity index (χ0) is 13.0. The highest BCUT2D eigenvalue weighted by Crippen LogP contribution is 2.22. The Morgan fingerprint density at radius 3 is 2.67 bits per heavy atom. The summed E-state index contributed by atoms with van der Waals surface area (Å²) in [4.78, 5) is 14.1. The van der Waals surface area contributed by atoms with Crippen molar-refractivity contribution in [3.8, 4) is 0 Å². The Kier molecular flexibility index (Phi) is 3.38. The lowest BCUT2D eigenvalue weighted by molar-refractivity contribution is -0.384. The van der Waals surface area contributed by atoms with E-state index in [0.29, 0.717) is 17.9 Å². The molecule has 1 aromatic heterocycles. The van der Waals surface area contributed by atoms with E-state index in [2.05, 4.69) is 10.3 Å². The van der Waals surface area contributed by atoms with Gasteiger partial charge in [0.25, 0.3) is 0 Å². The maximum absolute atomic E-state index is 10.8. The van der Waals surface area contributed by atoms with Crippen molar-refractivity contribution in [2.45, 2.75) is 6.54 Å². The zero-order valence-electron chi connectivity index (χ0n) is 9.54. The first kappa shape index (κ1) is 11.8. The summed E-state index contributed by atoms with van der Waals surface area (Å²) in [5.41, 5.74) is 7.68. The summed E-state index contributed by atoms with van der Waals surface area (Å²) in [6, 6.07) is 8.90. The molecule has 0 fully saturated rings. The van der Waals surface area contributed by atoms with E-state index in [0.717, 1.165) is 5.56 Å². The van der Waals surface area contributed by atoms with E-state index in [4.69, 9.17) is 5.73 Å². The molecule has 0 atom stereocenters. The molecule has 0 aliphatic heterocycles. The molecule has 0 unspecified atom stereocenters. The fraction of sp³-hybridized carbons (Fsp3) is 0.0833. The summed E-state index contributed by atoms with van der Waals surface area (Å²) >= 11 is 0. The van der Waals surface area contributed by atoms with Gasteiger partial charge in [-0.1, -0.05) is 12.1 Å². The summed E-state index contributed by atoms with van der Waals surface area (Å²) < 4.78 is 0. The number of benzene rings is 1. The lowest BCUT2D eigenvalue weighted by Crippen LogP contribution is -2.03. The van der Waals surface area contributed by atoms with Crippen LogP contribution in [0.3, 0.4) is 0 Å². The van der Waals surface area contributed by atoms with E-state index >= 15 is 0 Å². The van der Waals surface area contributed by atoms with Crippen LogP contribution in [0.25, 0.3) is 0 Å². The first-order valence-corrected chi connectivity index (χ1v) is 5.33. The SMILES string of the molecule is Nc1ccc(CNc2ccncc2[N+](=O)[O-])cc1. The molecule has 0 spiro atoms. The molecule has 0 radical (unpaired) electrons. The lowest BCUT2D eigenvalue weighted by atomic mass is 10.2. The number of hydrogen-bond donors (Lipinski definition) is 2. The molecule has 18 heavy (non-hydrogen) atoms. The molecule has 2 rings (SSSR count). The van der Waals surface area contributed by atoms with Gasteiger partial charge in [0.1, 0.15) is 11.9 Å². The van der Waals surface area contributed by atoms with Crippen molar-refractivity contribution in [3.63, 3.8) is 0 Å². The molecule has 0 saturated carbocycles. The highest BCUT2D eigenvalue weighted by molar-refractivity contribution is 5.59. The fourth-order valence-electron chi connectivity index (χ4n) is 1.51. The van der Waals surface area contributed by atoms with Gasteiger partial charge in [0.05, 0.1) is 4.92 Å². The van der Waals surface area contributed by atoms with Crippen LogP contribution in [0.5, 0.6) is 0 Å². The maximum Gasteiger partial charge on any atom is 0.310 e. The predicted octanol–water partition coefficient (Wildman–Crippen LogP) is 2.18. The average Bonchev–Trinajstić information content (AvgIpc) is 2.38. The smallest absolute Gasteiger partial charge is 0.310 e. The van der Waals surface area contributed by atoms with E-state index in [1.54, 1.807) is 18.2 Å².